The van der Waals surface area contributed by atoms with Crippen molar-refractivity contribution >= 4 is 34.6 Å². The predicted molar refractivity (Wildman–Crippen MR) is 111 cm³/mol. The molecule has 0 fully saturated rings. The molecule has 5 heteroatoms. The molecule has 1 atom stereocenters. The van der Waals surface area contributed by atoms with Gasteiger partial charge < -0.3 is 10.2 Å². The van der Waals surface area contributed by atoms with E-state index in [1.807, 2.05) is 84.7 Å². The van der Waals surface area contributed by atoms with Crippen LogP contribution >= 0.6 is 11.6 Å². The zero-order valence-corrected chi connectivity index (χ0v) is 15.5. The number of amides is 1. The molecule has 0 spiro atoms. The molecule has 1 aliphatic heterocycles. The Morgan fingerprint density at radius 3 is 2.33 bits per heavy atom. The van der Waals surface area contributed by atoms with Crippen LogP contribution in [-0.2, 0) is 4.79 Å². The highest BCUT2D eigenvalue weighted by Crippen LogP contribution is 2.28. The molecular weight excluding hydrogens is 358 g/mol. The number of anilines is 2. The molecule has 3 aromatic carbocycles. The van der Waals surface area contributed by atoms with Gasteiger partial charge in [-0.3, -0.25) is 4.79 Å². The molecule has 0 aromatic heterocycles. The summed E-state index contributed by atoms with van der Waals surface area (Å²) < 4.78 is 0. The highest BCUT2D eigenvalue weighted by molar-refractivity contribution is 6.32. The summed E-state index contributed by atoms with van der Waals surface area (Å²) in [5.74, 6) is -0.184. The molecule has 1 aliphatic rings. The van der Waals surface area contributed by atoms with Gasteiger partial charge in [0.05, 0.1) is 11.4 Å². The number of hydrogen-bond acceptors (Lipinski definition) is 3. The summed E-state index contributed by atoms with van der Waals surface area (Å²) in [6.45, 7) is 0. The Morgan fingerprint density at radius 1 is 0.963 bits per heavy atom. The van der Waals surface area contributed by atoms with Gasteiger partial charge in [0.15, 0.2) is 0 Å². The van der Waals surface area contributed by atoms with Crippen LogP contribution in [0.25, 0.3) is 0 Å². The predicted octanol–water partition coefficient (Wildman–Crippen LogP) is 4.59. The van der Waals surface area contributed by atoms with Crippen molar-refractivity contribution in [1.82, 2.24) is 0 Å². The summed E-state index contributed by atoms with van der Waals surface area (Å²) in [5, 5.41) is 3.59. The molecular formula is C22H18ClN3O. The maximum atomic E-state index is 13.0. The quantitative estimate of drug-likeness (QED) is 0.727. The Bertz CT molecular complexity index is 1000. The average Bonchev–Trinajstić information content (AvgIpc) is 2.85. The van der Waals surface area contributed by atoms with Crippen molar-refractivity contribution in [2.45, 2.75) is 6.17 Å². The van der Waals surface area contributed by atoms with Gasteiger partial charge in [-0.15, -0.1) is 0 Å². The zero-order chi connectivity index (χ0) is 18.8. The first kappa shape index (κ1) is 17.3. The van der Waals surface area contributed by atoms with Crippen LogP contribution in [0.5, 0.6) is 0 Å². The largest absolute Gasteiger partial charge is 0.345 e. The van der Waals surface area contributed by atoms with Gasteiger partial charge in [0.25, 0.3) is 5.91 Å². The monoisotopic (exact) mass is 375 g/mol. The number of benzodiazepines with no additional fused rings is 1. The molecule has 134 valence electrons. The number of likely N-dealkylation sites (N-methyl/N-ethyl adjacent to an activating group) is 1. The number of carbonyl (C=O) groups excluding carboxylic acids is 1. The number of rotatable bonds is 3. The first-order valence-electron chi connectivity index (χ1n) is 8.65. The summed E-state index contributed by atoms with van der Waals surface area (Å²) in [6.07, 6.45) is -0.700. The van der Waals surface area contributed by atoms with Crippen LogP contribution in [0.3, 0.4) is 0 Å². The maximum absolute atomic E-state index is 13.0. The van der Waals surface area contributed by atoms with Crippen molar-refractivity contribution < 1.29 is 4.79 Å². The third-order valence-electron chi connectivity index (χ3n) is 4.56. The molecule has 0 saturated carbocycles. The van der Waals surface area contributed by atoms with Gasteiger partial charge in [0.1, 0.15) is 0 Å². The number of benzene rings is 3. The second-order valence-electron chi connectivity index (χ2n) is 6.34. The van der Waals surface area contributed by atoms with E-state index in [1.54, 1.807) is 6.07 Å². The smallest absolute Gasteiger partial charge is 0.269 e. The van der Waals surface area contributed by atoms with E-state index in [-0.39, 0.29) is 5.91 Å². The minimum absolute atomic E-state index is 0.184. The highest BCUT2D eigenvalue weighted by atomic mass is 35.5. The third kappa shape index (κ3) is 3.44. The molecule has 0 saturated heterocycles. The third-order valence-corrected chi connectivity index (χ3v) is 4.79. The Kier molecular flexibility index (Phi) is 4.65. The van der Waals surface area contributed by atoms with Crippen LogP contribution in [0.2, 0.25) is 5.02 Å². The number of nitrogens with one attached hydrogen (secondary N) is 1. The molecule has 4 nitrogen and oxygen atoms in total. The fourth-order valence-electron chi connectivity index (χ4n) is 3.16. The molecule has 3 aromatic rings. The number of halogens is 1. The van der Waals surface area contributed by atoms with E-state index in [0.29, 0.717) is 10.7 Å². The summed E-state index contributed by atoms with van der Waals surface area (Å²) in [4.78, 5) is 19.7. The van der Waals surface area contributed by atoms with Crippen molar-refractivity contribution in [3.8, 4) is 0 Å². The lowest BCUT2D eigenvalue weighted by molar-refractivity contribution is -0.117. The van der Waals surface area contributed by atoms with Crippen LogP contribution in [0.4, 0.5) is 11.4 Å². The summed E-state index contributed by atoms with van der Waals surface area (Å²) in [5.41, 5.74) is 4.10. The van der Waals surface area contributed by atoms with E-state index in [9.17, 15) is 4.79 Å². The molecule has 4 rings (SSSR count). The Balaban J connectivity index is 1.87. The number of hydrogen-bond donors (Lipinski definition) is 1. The Morgan fingerprint density at radius 2 is 1.63 bits per heavy atom. The van der Waals surface area contributed by atoms with Gasteiger partial charge in [0.2, 0.25) is 6.17 Å². The number of para-hydroxylation sites is 1. The second-order valence-corrected chi connectivity index (χ2v) is 6.78. The molecule has 0 bridgehead atoms. The molecule has 1 heterocycles. The SMILES string of the molecule is CN(c1ccccc1)C1N=C(c2ccccc2)c2cc(Cl)ccc2NC1=O. The summed E-state index contributed by atoms with van der Waals surface area (Å²) in [6, 6.07) is 25.0. The number of aliphatic imine (C=N–C) groups is 1. The standard InChI is InChI=1S/C22H18ClN3O/c1-26(17-10-6-3-7-11-17)21-22(27)24-19-13-12-16(23)14-18(19)20(25-21)15-8-4-2-5-9-15/h2-14,21H,1H3,(H,24,27). The first-order chi connectivity index (χ1) is 13.1. The molecule has 1 N–H and O–H groups in total. The average molecular weight is 376 g/mol. The topological polar surface area (TPSA) is 44.7 Å². The fraction of sp³-hybridized carbons (Fsp3) is 0.0909. The number of nitrogens with zero attached hydrogens (tertiary/aromatic N) is 2. The molecule has 0 aliphatic carbocycles. The van der Waals surface area contributed by atoms with Gasteiger partial charge in [0, 0.05) is 28.9 Å². The van der Waals surface area contributed by atoms with Gasteiger partial charge in [-0.05, 0) is 30.3 Å². The maximum Gasteiger partial charge on any atom is 0.269 e. The van der Waals surface area contributed by atoms with E-state index in [2.05, 4.69) is 5.32 Å². The number of carbonyl (C=O) groups is 1. The lowest BCUT2D eigenvalue weighted by atomic mass is 10.0. The zero-order valence-electron chi connectivity index (χ0n) is 14.8. The Labute approximate surface area is 163 Å². The highest BCUT2D eigenvalue weighted by Gasteiger charge is 2.29. The summed E-state index contributed by atoms with van der Waals surface area (Å²) >= 11 is 6.24. The van der Waals surface area contributed by atoms with Crippen LogP contribution in [0.1, 0.15) is 11.1 Å². The van der Waals surface area contributed by atoms with Crippen molar-refractivity contribution in [3.63, 3.8) is 0 Å². The first-order valence-corrected chi connectivity index (χ1v) is 9.03. The van der Waals surface area contributed by atoms with E-state index >= 15 is 0 Å². The Hall–Kier alpha value is -3.11. The number of fused-ring (bicyclic) bond motifs is 1. The lowest BCUT2D eigenvalue weighted by Crippen LogP contribution is -2.40. The normalized spacial score (nSPS) is 16.0. The van der Waals surface area contributed by atoms with E-state index in [4.69, 9.17) is 16.6 Å². The van der Waals surface area contributed by atoms with Crippen molar-refractivity contribution in [1.29, 1.82) is 0 Å². The van der Waals surface area contributed by atoms with Crippen LogP contribution in [0, 0.1) is 0 Å². The second kappa shape index (κ2) is 7.25. The van der Waals surface area contributed by atoms with E-state index in [0.717, 1.165) is 22.5 Å². The minimum atomic E-state index is -0.700. The molecule has 1 amide bonds. The molecule has 1 unspecified atom stereocenters. The molecule has 0 radical (unpaired) electrons. The van der Waals surface area contributed by atoms with Gasteiger partial charge in [-0.1, -0.05) is 60.1 Å². The van der Waals surface area contributed by atoms with E-state index in [1.165, 1.54) is 0 Å². The van der Waals surface area contributed by atoms with Gasteiger partial charge in [-0.25, -0.2) is 4.99 Å². The fourth-order valence-corrected chi connectivity index (χ4v) is 3.33. The van der Waals surface area contributed by atoms with Crippen molar-refractivity contribution in [2.75, 3.05) is 17.3 Å². The van der Waals surface area contributed by atoms with Crippen LogP contribution < -0.4 is 10.2 Å². The van der Waals surface area contributed by atoms with Crippen molar-refractivity contribution in [3.05, 3.63) is 95.0 Å². The van der Waals surface area contributed by atoms with E-state index < -0.39 is 6.17 Å². The summed E-state index contributed by atoms with van der Waals surface area (Å²) in [7, 11) is 1.87. The van der Waals surface area contributed by atoms with Crippen molar-refractivity contribution in [2.24, 2.45) is 4.99 Å². The minimum Gasteiger partial charge on any atom is -0.345 e. The van der Waals surface area contributed by atoms with Gasteiger partial charge >= 0.3 is 0 Å². The van der Waals surface area contributed by atoms with Gasteiger partial charge in [-0.2, -0.15) is 0 Å². The lowest BCUT2D eigenvalue weighted by Gasteiger charge is -2.25. The van der Waals surface area contributed by atoms with Crippen LogP contribution in [0.15, 0.2) is 83.9 Å². The van der Waals surface area contributed by atoms with Crippen LogP contribution in [-0.4, -0.2) is 24.8 Å². The molecule has 27 heavy (non-hydrogen) atoms.